The van der Waals surface area contributed by atoms with Crippen molar-refractivity contribution in [2.45, 2.75) is 456 Å². The van der Waals surface area contributed by atoms with Gasteiger partial charge in [-0.1, -0.05) is 131 Å². The summed E-state index contributed by atoms with van der Waals surface area (Å²) >= 11 is 0. The maximum absolute atomic E-state index is 12.6. The molecule has 16 saturated carbocycles. The van der Waals surface area contributed by atoms with Gasteiger partial charge in [0.05, 0.1) is 107 Å². The van der Waals surface area contributed by atoms with E-state index in [2.05, 4.69) is 0 Å². The van der Waals surface area contributed by atoms with Crippen molar-refractivity contribution < 1.29 is 114 Å². The van der Waals surface area contributed by atoms with Gasteiger partial charge in [-0.25, -0.2) is 0 Å². The Bertz CT molecular complexity index is 4420. The second-order valence-electron chi connectivity index (χ2n) is 49.9. The van der Waals surface area contributed by atoms with E-state index in [0.29, 0.717) is 159 Å². The molecule has 32 atom stereocenters. The van der Waals surface area contributed by atoms with Crippen molar-refractivity contribution in [1.82, 2.24) is 0 Å². The maximum atomic E-state index is 12.6. The third-order valence-electron chi connectivity index (χ3n) is 41.2. The lowest BCUT2D eigenvalue weighted by Crippen LogP contribution is -2.46. The van der Waals surface area contributed by atoms with Crippen LogP contribution in [-0.2, 0) is 114 Å². The monoisotopic (exact) mass is 2010 g/mol. The van der Waals surface area contributed by atoms with E-state index in [1.54, 1.807) is 0 Å². The number of carbonyl (C=O) groups is 12. The first-order valence-electron chi connectivity index (χ1n) is 51.5. The summed E-state index contributed by atoms with van der Waals surface area (Å²) in [4.78, 5) is 146. The minimum Gasteiger partial charge on any atom is -0.465 e. The molecule has 16 aliphatic carbocycles. The van der Waals surface area contributed by atoms with Crippen LogP contribution in [0.3, 0.4) is 0 Å². The van der Waals surface area contributed by atoms with Crippen molar-refractivity contribution in [3.05, 3.63) is 0 Å². The quantitative estimate of drug-likeness (QED) is 0.0699. The molecule has 0 aromatic rings. The third kappa shape index (κ3) is 21.4. The number of hydrogen-bond donors (Lipinski definition) is 0. The molecule has 22 aliphatic rings. The molecule has 0 aromatic carbocycles. The second-order valence-corrected chi connectivity index (χ2v) is 49.9. The van der Waals surface area contributed by atoms with Gasteiger partial charge in [0.25, 0.3) is 0 Å². The normalized spacial score (nSPS) is 39.7. The predicted molar refractivity (Wildman–Crippen MR) is 555 cm³/mol. The van der Waals surface area contributed by atoms with Crippen LogP contribution in [0.15, 0.2) is 0 Å². The van der Waals surface area contributed by atoms with Gasteiger partial charge in [0.1, 0.15) is 36.6 Å². The van der Waals surface area contributed by atoms with Crippen LogP contribution in [0, 0.1) is 183 Å². The van der Waals surface area contributed by atoms with E-state index >= 15 is 0 Å². The van der Waals surface area contributed by atoms with Gasteiger partial charge in [-0.15, -0.1) is 0 Å². The highest BCUT2D eigenvalue weighted by atomic mass is 16.6. The fourth-order valence-corrected chi connectivity index (χ4v) is 31.3. The van der Waals surface area contributed by atoms with Gasteiger partial charge >= 0.3 is 71.6 Å². The third-order valence-corrected chi connectivity index (χ3v) is 41.2. The molecule has 22 fully saturated rings. The highest BCUT2D eigenvalue weighted by molar-refractivity contribution is 5.84. The molecule has 0 amide bonds. The lowest BCUT2D eigenvalue weighted by atomic mass is 9.60. The Hall–Kier alpha value is -6.36. The lowest BCUT2D eigenvalue weighted by molar-refractivity contribution is -0.169. The molecule has 0 N–H and O–H groups in total. The highest BCUT2D eigenvalue weighted by Gasteiger charge is 2.75. The molecule has 142 heavy (non-hydrogen) atoms. The van der Waals surface area contributed by atoms with E-state index in [-0.39, 0.29) is 241 Å². The summed E-state index contributed by atoms with van der Waals surface area (Å²) in [5.41, 5.74) is -3.34. The Morgan fingerprint density at radius 3 is 0.923 bits per heavy atom. The Balaban J connectivity index is 0.000000296. The van der Waals surface area contributed by atoms with Gasteiger partial charge in [-0.3, -0.25) is 57.5 Å². The molecule has 32 unspecified atom stereocenters. The molecule has 6 saturated heterocycles. The second kappa shape index (κ2) is 45.6. The van der Waals surface area contributed by atoms with Gasteiger partial charge in [-0.2, -0.15) is 0 Å². The van der Waals surface area contributed by atoms with Crippen molar-refractivity contribution in [3.8, 4) is 0 Å². The molecule has 0 aromatic heterocycles. The average Bonchev–Trinajstić information content (AvgIpc) is 1.52. The van der Waals surface area contributed by atoms with Crippen LogP contribution in [-0.4, -0.2) is 148 Å². The summed E-state index contributed by atoms with van der Waals surface area (Å²) in [6.07, 6.45) is 30.1. The topological polar surface area (TPSA) is 316 Å². The first kappa shape index (κ1) is 126. The van der Waals surface area contributed by atoms with Crippen molar-refractivity contribution in [2.24, 2.45) is 183 Å². The smallest absolute Gasteiger partial charge is 0.312 e. The minimum atomic E-state index is -0.439. The number of hydrogen-bond acceptors (Lipinski definition) is 24. The summed E-state index contributed by atoms with van der Waals surface area (Å²) in [5, 5.41) is 0. The lowest BCUT2D eigenvalue weighted by Gasteiger charge is -2.44. The van der Waals surface area contributed by atoms with Gasteiger partial charge in [0.2, 0.25) is 0 Å². The minimum absolute atomic E-state index is 0. The fourth-order valence-electron chi connectivity index (χ4n) is 31.3. The number of rotatable bonds is 18. The van der Waals surface area contributed by atoms with Crippen molar-refractivity contribution in [2.75, 3.05) is 39.6 Å². The van der Waals surface area contributed by atoms with Crippen molar-refractivity contribution in [1.29, 1.82) is 0 Å². The Labute approximate surface area is 860 Å². The molecule has 24 nitrogen and oxygen atoms in total. The summed E-state index contributed by atoms with van der Waals surface area (Å²) in [6, 6.07) is 0. The van der Waals surface area contributed by atoms with E-state index in [4.69, 9.17) is 56.8 Å². The van der Waals surface area contributed by atoms with E-state index < -0.39 is 27.1 Å². The number of cyclic esters (lactones) is 6. The average molecular weight is 2010 g/mol. The van der Waals surface area contributed by atoms with Crippen LogP contribution in [0.2, 0.25) is 0 Å². The van der Waals surface area contributed by atoms with Crippen LogP contribution in [0.25, 0.3) is 0 Å². The molecule has 0 radical (unpaired) electrons. The summed E-state index contributed by atoms with van der Waals surface area (Å²) < 4.78 is 66.7. The molecule has 6 aliphatic heterocycles. The van der Waals surface area contributed by atoms with Crippen LogP contribution in [0.5, 0.6) is 0 Å². The summed E-state index contributed by atoms with van der Waals surface area (Å²) in [6.45, 7) is 38.9. The molecule has 6 spiro atoms. The molecule has 22 rings (SSSR count). The maximum Gasteiger partial charge on any atom is 0.312 e. The SMILES string of the molecule is C.C.C.C.C.C.C.C.C.C.C.C.CCC(C)(C)C(=O)OC1CC2CC1C1(CCOC1=O)C2.CCC(C)(C)C(=O)OC1CC2CC1C1(COC(=O)C1)C2.CCC(C)(C)C(=O)OC1CC2CC1C1C2C2CC1C1(CCOC1=O)C2.CCC(C)(C)C(=O)OC1CC2CC1C1C3CC(C21)C1(CCOC1=O)C3.CCC(C)(C)C(=O)OC1CC2CC1CC21CCOC1=O.CCC(C)(C)C(=O)OC1CC2CC1CC21COC(=O)C1. The summed E-state index contributed by atoms with van der Waals surface area (Å²) in [5.74, 6) is 10.2. The molecular weight excluding hydrogens is 1800 g/mol. The van der Waals surface area contributed by atoms with E-state index in [9.17, 15) is 57.5 Å². The number of carbonyl (C=O) groups excluding carboxylic acids is 12. The predicted octanol–water partition coefficient (Wildman–Crippen LogP) is 25.6. The number of fused-ring (bicyclic) bond motifs is 32. The largest absolute Gasteiger partial charge is 0.465 e. The number of esters is 12. The van der Waals surface area contributed by atoms with E-state index in [1.807, 2.05) is 125 Å². The van der Waals surface area contributed by atoms with Crippen LogP contribution < -0.4 is 0 Å². The molecule has 820 valence electrons. The number of ether oxygens (including phenoxy) is 12. The molecule has 6 heterocycles. The first-order chi connectivity index (χ1) is 61.2. The molecular formula is C118H204O24. The zero-order valence-electron chi connectivity index (χ0n) is 81.7. The zero-order chi connectivity index (χ0) is 93.3. The van der Waals surface area contributed by atoms with Crippen LogP contribution in [0.1, 0.15) is 419 Å². The van der Waals surface area contributed by atoms with E-state index in [0.717, 1.165) is 173 Å². The van der Waals surface area contributed by atoms with Crippen molar-refractivity contribution >= 4 is 71.6 Å². The van der Waals surface area contributed by atoms with Gasteiger partial charge in [0, 0.05) is 22.7 Å². The highest BCUT2D eigenvalue weighted by Crippen LogP contribution is 2.76. The molecule has 16 bridgehead atoms. The standard InChI is InChI=1S/2C21H30O4.4C16H24O4.12CH4/c1-4-20(2,3)18(22)25-15-9-11-7-13(15)16-12-8-14(17(11)16)21(10-12)5-6-24-19(21)23;1-4-20(2,3)18(22)25-15-9-11-7-13(15)17-14-8-12(16(11)17)10-21(14)5-6-24-19(21)23;1-4-15(2,3)14(18)20-12-6-11-5-10(12)7-16(11)8-13(17)19-9-16;1-4-15(2,3)14(18)20-12-6-10-5-11(12)16(7-10)8-13(17)19-9-16;1-4-15(2,3)13(17)20-12-8-11-7-10(12)9-16(11)5-6-19-14(16)18;1-4-15(2,3)13(17)20-12-8-10-7-11(12)16(9-10)5-6-19-14(16)18;;;;;;;;;;;;/h2*11-17H,4-10H2,1-3H3;4*10-12H,4-9H2,1-3H3;12*1H4. The Morgan fingerprint density at radius 2 is 0.577 bits per heavy atom. The Kier molecular flexibility index (Phi) is 40.5. The Morgan fingerprint density at radius 1 is 0.268 bits per heavy atom. The molecule has 24 heteroatoms. The van der Waals surface area contributed by atoms with Gasteiger partial charge in [-0.05, 0) is 382 Å². The van der Waals surface area contributed by atoms with Crippen molar-refractivity contribution in [3.63, 3.8) is 0 Å². The first-order valence-corrected chi connectivity index (χ1v) is 51.5. The van der Waals surface area contributed by atoms with Gasteiger partial charge in [0.15, 0.2) is 0 Å². The summed E-state index contributed by atoms with van der Waals surface area (Å²) in [7, 11) is 0. The zero-order valence-corrected chi connectivity index (χ0v) is 81.7. The van der Waals surface area contributed by atoms with Crippen LogP contribution in [0.4, 0.5) is 0 Å². The van der Waals surface area contributed by atoms with E-state index in [1.165, 1.54) is 25.7 Å². The fraction of sp³-hybridized carbons (Fsp3) is 0.898. The van der Waals surface area contributed by atoms with Gasteiger partial charge < -0.3 is 56.8 Å². The van der Waals surface area contributed by atoms with Crippen LogP contribution >= 0.6 is 0 Å².